The molecule has 9 nitrogen and oxygen atoms in total. The smallest absolute Gasteiger partial charge is 0.280 e. The van der Waals surface area contributed by atoms with Crippen molar-refractivity contribution in [1.82, 2.24) is 34.8 Å². The standard InChI is InChI=1S/C25H29ClN8OS/c1-14(2)9-22-32-19-12-29-18(17-7-8-28-25(27-3)33-17)11-20(19)34(22)16-6-4-5-15(10-16)31-23(35)24-30-13-21(26)36-24/h7-8,11-16H,4-6,9-10H2,1-3H3,(H,31,35)(H,27,28,33)/t15-,16+/m0/s1. The van der Waals surface area contributed by atoms with Gasteiger partial charge < -0.3 is 15.2 Å². The van der Waals surface area contributed by atoms with Crippen LogP contribution in [-0.4, -0.2) is 48.5 Å². The number of imidazole rings is 1. The molecule has 36 heavy (non-hydrogen) atoms. The SMILES string of the molecule is CNc1nccc(-c2cc3c(cn2)nc(CC(C)C)n3[C@@H]2CCC[C@H](NC(=O)c3ncc(Cl)s3)C2)n1. The fraction of sp³-hybridized carbons (Fsp3) is 0.440. The van der Waals surface area contributed by atoms with Gasteiger partial charge in [0, 0.05) is 31.7 Å². The third-order valence-corrected chi connectivity index (χ3v) is 7.51. The molecule has 1 aliphatic rings. The van der Waals surface area contributed by atoms with Crippen LogP contribution < -0.4 is 10.6 Å². The van der Waals surface area contributed by atoms with E-state index in [1.54, 1.807) is 13.2 Å². The number of pyridine rings is 1. The van der Waals surface area contributed by atoms with E-state index in [0.29, 0.717) is 21.2 Å². The second-order valence-corrected chi connectivity index (χ2v) is 11.2. The van der Waals surface area contributed by atoms with Crippen LogP contribution in [0, 0.1) is 5.92 Å². The molecule has 11 heteroatoms. The van der Waals surface area contributed by atoms with Crippen LogP contribution in [0.4, 0.5) is 5.95 Å². The third kappa shape index (κ3) is 5.19. The van der Waals surface area contributed by atoms with Crippen LogP contribution in [0.2, 0.25) is 4.34 Å². The van der Waals surface area contributed by atoms with E-state index in [4.69, 9.17) is 16.6 Å². The Bertz CT molecular complexity index is 1380. The maximum Gasteiger partial charge on any atom is 0.280 e. The topological polar surface area (TPSA) is 111 Å². The minimum atomic E-state index is -0.161. The molecule has 1 fully saturated rings. The van der Waals surface area contributed by atoms with Crippen molar-refractivity contribution in [2.75, 3.05) is 12.4 Å². The summed E-state index contributed by atoms with van der Waals surface area (Å²) in [6.45, 7) is 4.41. The number of fused-ring (bicyclic) bond motifs is 1. The highest BCUT2D eigenvalue weighted by atomic mass is 35.5. The molecule has 0 aliphatic heterocycles. The molecule has 0 radical (unpaired) electrons. The first kappa shape index (κ1) is 24.6. The molecule has 188 valence electrons. The number of nitrogens with one attached hydrogen (secondary N) is 2. The Kier molecular flexibility index (Phi) is 7.15. The molecule has 4 aromatic heterocycles. The van der Waals surface area contributed by atoms with Crippen LogP contribution in [0.1, 0.15) is 61.2 Å². The zero-order valence-corrected chi connectivity index (χ0v) is 22.1. The fourth-order valence-electron chi connectivity index (χ4n) is 4.86. The van der Waals surface area contributed by atoms with Crippen LogP contribution in [-0.2, 0) is 6.42 Å². The lowest BCUT2D eigenvalue weighted by atomic mass is 9.90. The summed E-state index contributed by atoms with van der Waals surface area (Å²) < 4.78 is 2.89. The first-order chi connectivity index (χ1) is 17.4. The molecule has 0 unspecified atom stereocenters. The zero-order valence-electron chi connectivity index (χ0n) is 20.5. The second-order valence-electron chi connectivity index (χ2n) is 9.53. The average Bonchev–Trinajstić information content (AvgIpc) is 3.46. The highest BCUT2D eigenvalue weighted by molar-refractivity contribution is 7.17. The van der Waals surface area contributed by atoms with E-state index in [2.05, 4.69) is 55.1 Å². The van der Waals surface area contributed by atoms with E-state index in [0.717, 1.165) is 60.3 Å². The number of anilines is 1. The summed E-state index contributed by atoms with van der Waals surface area (Å²) >= 11 is 7.18. The van der Waals surface area contributed by atoms with Gasteiger partial charge in [-0.3, -0.25) is 9.78 Å². The number of hydrogen-bond acceptors (Lipinski definition) is 8. The van der Waals surface area contributed by atoms with E-state index in [1.807, 2.05) is 12.3 Å². The van der Waals surface area contributed by atoms with Gasteiger partial charge in [0.15, 0.2) is 5.01 Å². The van der Waals surface area contributed by atoms with Gasteiger partial charge in [-0.15, -0.1) is 0 Å². The number of aromatic nitrogens is 6. The molecular weight excluding hydrogens is 496 g/mol. The first-order valence-corrected chi connectivity index (χ1v) is 13.4. The van der Waals surface area contributed by atoms with Gasteiger partial charge in [0.05, 0.1) is 29.3 Å². The minimum Gasteiger partial charge on any atom is -0.357 e. The van der Waals surface area contributed by atoms with Crippen LogP contribution in [0.25, 0.3) is 22.4 Å². The maximum absolute atomic E-state index is 12.7. The number of amides is 1. The number of carbonyl (C=O) groups excluding carboxylic acids is 1. The summed E-state index contributed by atoms with van der Waals surface area (Å²) in [5.41, 5.74) is 3.45. The summed E-state index contributed by atoms with van der Waals surface area (Å²) in [4.78, 5) is 35.3. The lowest BCUT2D eigenvalue weighted by Crippen LogP contribution is -2.39. The molecule has 2 atom stereocenters. The highest BCUT2D eigenvalue weighted by Gasteiger charge is 2.29. The van der Waals surface area contributed by atoms with E-state index >= 15 is 0 Å². The van der Waals surface area contributed by atoms with Crippen molar-refractivity contribution in [2.24, 2.45) is 5.92 Å². The monoisotopic (exact) mass is 524 g/mol. The number of thiazole rings is 1. The van der Waals surface area contributed by atoms with Gasteiger partial charge in [-0.1, -0.05) is 36.8 Å². The molecule has 2 N–H and O–H groups in total. The largest absolute Gasteiger partial charge is 0.357 e. The summed E-state index contributed by atoms with van der Waals surface area (Å²) in [6.07, 6.45) is 9.76. The molecule has 4 heterocycles. The molecule has 1 aliphatic carbocycles. The van der Waals surface area contributed by atoms with E-state index < -0.39 is 0 Å². The van der Waals surface area contributed by atoms with E-state index in [9.17, 15) is 4.79 Å². The van der Waals surface area contributed by atoms with Crippen molar-refractivity contribution in [3.8, 4) is 11.4 Å². The zero-order chi connectivity index (χ0) is 25.2. The molecule has 5 rings (SSSR count). The van der Waals surface area contributed by atoms with E-state index in [1.165, 1.54) is 17.5 Å². The van der Waals surface area contributed by atoms with Crippen LogP contribution in [0.5, 0.6) is 0 Å². The normalized spacial score (nSPS) is 18.0. The van der Waals surface area contributed by atoms with Gasteiger partial charge >= 0.3 is 0 Å². The van der Waals surface area contributed by atoms with Crippen LogP contribution >= 0.6 is 22.9 Å². The summed E-state index contributed by atoms with van der Waals surface area (Å²) in [5.74, 6) is 1.91. The number of halogens is 1. The predicted octanol–water partition coefficient (Wildman–Crippen LogP) is 5.15. The Morgan fingerprint density at radius 2 is 2.06 bits per heavy atom. The quantitative estimate of drug-likeness (QED) is 0.344. The molecule has 0 bridgehead atoms. The lowest BCUT2D eigenvalue weighted by molar-refractivity contribution is 0.0920. The highest BCUT2D eigenvalue weighted by Crippen LogP contribution is 2.34. The average molecular weight is 525 g/mol. The fourth-order valence-corrected chi connectivity index (χ4v) is 5.68. The Balaban J connectivity index is 1.48. The predicted molar refractivity (Wildman–Crippen MR) is 143 cm³/mol. The molecular formula is C25H29ClN8OS. The maximum atomic E-state index is 12.7. The molecule has 1 saturated carbocycles. The third-order valence-electron chi connectivity index (χ3n) is 6.40. The Morgan fingerprint density at radius 3 is 2.81 bits per heavy atom. The summed E-state index contributed by atoms with van der Waals surface area (Å²) in [6, 6.07) is 4.22. The summed E-state index contributed by atoms with van der Waals surface area (Å²) in [5, 5.41) is 6.56. The molecule has 0 spiro atoms. The van der Waals surface area contributed by atoms with Gasteiger partial charge in [0.1, 0.15) is 15.7 Å². The number of rotatable bonds is 7. The molecule has 0 saturated heterocycles. The lowest BCUT2D eigenvalue weighted by Gasteiger charge is -2.32. The second kappa shape index (κ2) is 10.5. The van der Waals surface area contributed by atoms with Crippen molar-refractivity contribution < 1.29 is 4.79 Å². The molecule has 4 aromatic rings. The summed E-state index contributed by atoms with van der Waals surface area (Å²) in [7, 11) is 1.80. The van der Waals surface area contributed by atoms with Gasteiger partial charge in [0.25, 0.3) is 5.91 Å². The number of hydrogen-bond donors (Lipinski definition) is 2. The number of carbonyl (C=O) groups is 1. The van der Waals surface area contributed by atoms with Gasteiger partial charge in [-0.2, -0.15) is 0 Å². The van der Waals surface area contributed by atoms with Crippen molar-refractivity contribution in [3.05, 3.63) is 45.9 Å². The molecule has 0 aromatic carbocycles. The van der Waals surface area contributed by atoms with Crippen molar-refractivity contribution in [1.29, 1.82) is 0 Å². The van der Waals surface area contributed by atoms with Crippen LogP contribution in [0.15, 0.2) is 30.7 Å². The Morgan fingerprint density at radius 1 is 1.19 bits per heavy atom. The van der Waals surface area contributed by atoms with Gasteiger partial charge in [-0.05, 0) is 43.7 Å². The molecule has 1 amide bonds. The van der Waals surface area contributed by atoms with E-state index in [-0.39, 0.29) is 18.0 Å². The number of nitrogens with zero attached hydrogens (tertiary/aromatic N) is 6. The minimum absolute atomic E-state index is 0.0598. The van der Waals surface area contributed by atoms with Crippen molar-refractivity contribution in [2.45, 2.75) is 58.0 Å². The Labute approximate surface area is 218 Å². The van der Waals surface area contributed by atoms with Crippen LogP contribution in [0.3, 0.4) is 0 Å². The van der Waals surface area contributed by atoms with Crippen molar-refractivity contribution >= 4 is 45.8 Å². The first-order valence-electron chi connectivity index (χ1n) is 12.2. The Hall–Kier alpha value is -3.11. The van der Waals surface area contributed by atoms with Gasteiger partial charge in [-0.25, -0.2) is 19.9 Å². The van der Waals surface area contributed by atoms with Crippen molar-refractivity contribution in [3.63, 3.8) is 0 Å². The van der Waals surface area contributed by atoms with Gasteiger partial charge in [0.2, 0.25) is 5.95 Å².